The Labute approximate surface area is 96.4 Å². The topological polar surface area (TPSA) is 52.3 Å². The number of halogens is 3. The van der Waals surface area contributed by atoms with Crippen LogP contribution < -0.4 is 5.73 Å². The van der Waals surface area contributed by atoms with E-state index in [1.807, 2.05) is 0 Å². The number of hydrogen-bond acceptors (Lipinski definition) is 3. The van der Waals surface area contributed by atoms with Crippen LogP contribution in [-0.2, 0) is 16.0 Å². The Morgan fingerprint density at radius 3 is 2.29 bits per heavy atom. The van der Waals surface area contributed by atoms with Gasteiger partial charge in [0.1, 0.15) is 0 Å². The maximum atomic E-state index is 12.9. The summed E-state index contributed by atoms with van der Waals surface area (Å²) in [6.45, 7) is -0.0205. The van der Waals surface area contributed by atoms with Crippen LogP contribution in [0.15, 0.2) is 12.1 Å². The highest BCUT2D eigenvalue weighted by Crippen LogP contribution is 2.16. The molecule has 0 aliphatic carbocycles. The molecule has 0 aromatic heterocycles. The largest absolute Gasteiger partial charge is 0.469 e. The van der Waals surface area contributed by atoms with Gasteiger partial charge in [-0.2, -0.15) is 0 Å². The van der Waals surface area contributed by atoms with Gasteiger partial charge in [0.25, 0.3) is 0 Å². The third kappa shape index (κ3) is 3.20. The van der Waals surface area contributed by atoms with Crippen molar-refractivity contribution in [2.24, 2.45) is 11.7 Å². The molecule has 0 bridgehead atoms. The molecule has 0 radical (unpaired) electrons. The maximum absolute atomic E-state index is 12.9. The third-order valence-electron chi connectivity index (χ3n) is 2.34. The zero-order valence-electron chi connectivity index (χ0n) is 9.17. The van der Waals surface area contributed by atoms with Crippen LogP contribution in [0.4, 0.5) is 13.2 Å². The summed E-state index contributed by atoms with van der Waals surface area (Å²) in [6.07, 6.45) is -0.00269. The van der Waals surface area contributed by atoms with Crippen LogP contribution in [0.3, 0.4) is 0 Å². The lowest BCUT2D eigenvalue weighted by atomic mass is 9.99. The number of nitrogens with two attached hydrogens (primary N) is 1. The Bertz CT molecular complexity index is 400. The first-order valence-electron chi connectivity index (χ1n) is 4.91. The van der Waals surface area contributed by atoms with E-state index in [9.17, 15) is 18.0 Å². The van der Waals surface area contributed by atoms with E-state index in [1.54, 1.807) is 0 Å². The highest BCUT2D eigenvalue weighted by atomic mass is 19.2. The van der Waals surface area contributed by atoms with Crippen molar-refractivity contribution in [3.05, 3.63) is 35.1 Å². The lowest BCUT2D eigenvalue weighted by Gasteiger charge is -2.12. The molecule has 0 unspecified atom stereocenters. The van der Waals surface area contributed by atoms with Gasteiger partial charge in [-0.25, -0.2) is 13.2 Å². The number of rotatable bonds is 4. The van der Waals surface area contributed by atoms with Gasteiger partial charge < -0.3 is 10.5 Å². The average Bonchev–Trinajstić information content (AvgIpc) is 2.31. The molecule has 0 saturated carbocycles. The van der Waals surface area contributed by atoms with Crippen LogP contribution in [0.1, 0.15) is 5.56 Å². The van der Waals surface area contributed by atoms with Crippen molar-refractivity contribution in [1.82, 2.24) is 0 Å². The van der Waals surface area contributed by atoms with Gasteiger partial charge in [-0.1, -0.05) is 0 Å². The van der Waals surface area contributed by atoms with Gasteiger partial charge in [0.15, 0.2) is 17.5 Å². The molecule has 2 N–H and O–H groups in total. The molecule has 0 spiro atoms. The van der Waals surface area contributed by atoms with Gasteiger partial charge in [0.2, 0.25) is 0 Å². The molecule has 3 nitrogen and oxygen atoms in total. The zero-order chi connectivity index (χ0) is 13.0. The molecule has 0 aliphatic rings. The Kier molecular flexibility index (Phi) is 4.51. The summed E-state index contributed by atoms with van der Waals surface area (Å²) >= 11 is 0. The van der Waals surface area contributed by atoms with Crippen LogP contribution in [0.25, 0.3) is 0 Å². The van der Waals surface area contributed by atoms with E-state index in [1.165, 1.54) is 7.11 Å². The molecule has 1 rings (SSSR count). The number of carbonyl (C=O) groups is 1. The summed E-state index contributed by atoms with van der Waals surface area (Å²) in [5, 5.41) is 0. The predicted octanol–water partition coefficient (Wildman–Crippen LogP) is 1.39. The molecule has 0 saturated heterocycles. The summed E-state index contributed by atoms with van der Waals surface area (Å²) in [5.41, 5.74) is 5.50. The van der Waals surface area contributed by atoms with Crippen LogP contribution >= 0.6 is 0 Å². The van der Waals surface area contributed by atoms with E-state index in [4.69, 9.17) is 5.73 Å². The summed E-state index contributed by atoms with van der Waals surface area (Å²) in [4.78, 5) is 11.2. The molecule has 94 valence electrons. The van der Waals surface area contributed by atoms with Crippen molar-refractivity contribution in [2.75, 3.05) is 13.7 Å². The molecule has 0 aliphatic heterocycles. The SMILES string of the molecule is COC(=O)[C@@H](CN)Cc1cc(F)c(F)c(F)c1. The Hall–Kier alpha value is -1.56. The van der Waals surface area contributed by atoms with Crippen LogP contribution in [0, 0.1) is 23.4 Å². The van der Waals surface area contributed by atoms with Gasteiger partial charge in [-0.05, 0) is 24.1 Å². The van der Waals surface area contributed by atoms with Crippen LogP contribution in [0.2, 0.25) is 0 Å². The first kappa shape index (κ1) is 13.5. The molecule has 0 fully saturated rings. The zero-order valence-corrected chi connectivity index (χ0v) is 9.17. The molecule has 17 heavy (non-hydrogen) atoms. The van der Waals surface area contributed by atoms with Crippen molar-refractivity contribution < 1.29 is 22.7 Å². The fourth-order valence-corrected chi connectivity index (χ4v) is 1.44. The molecule has 0 heterocycles. The van der Waals surface area contributed by atoms with Crippen molar-refractivity contribution in [3.63, 3.8) is 0 Å². The lowest BCUT2D eigenvalue weighted by Crippen LogP contribution is -2.27. The summed E-state index contributed by atoms with van der Waals surface area (Å²) in [5.74, 6) is -5.39. The van der Waals surface area contributed by atoms with Gasteiger partial charge >= 0.3 is 5.97 Å². The average molecular weight is 247 g/mol. The van der Waals surface area contributed by atoms with Crippen molar-refractivity contribution >= 4 is 5.97 Å². The number of methoxy groups -OCH3 is 1. The van der Waals surface area contributed by atoms with E-state index in [0.29, 0.717) is 0 Å². The smallest absolute Gasteiger partial charge is 0.310 e. The minimum Gasteiger partial charge on any atom is -0.469 e. The number of ether oxygens (including phenoxy) is 1. The van der Waals surface area contributed by atoms with E-state index in [0.717, 1.165) is 12.1 Å². The fraction of sp³-hybridized carbons (Fsp3) is 0.364. The van der Waals surface area contributed by atoms with Crippen molar-refractivity contribution in [3.8, 4) is 0 Å². The van der Waals surface area contributed by atoms with Gasteiger partial charge in [0.05, 0.1) is 13.0 Å². The minimum absolute atomic E-state index is 0.00269. The van der Waals surface area contributed by atoms with Crippen molar-refractivity contribution in [1.29, 1.82) is 0 Å². The van der Waals surface area contributed by atoms with E-state index < -0.39 is 29.3 Å². The van der Waals surface area contributed by atoms with E-state index in [-0.39, 0.29) is 18.5 Å². The second-order valence-corrected chi connectivity index (χ2v) is 3.53. The molecule has 1 aromatic carbocycles. The first-order valence-corrected chi connectivity index (χ1v) is 4.91. The molecular formula is C11H12F3NO2. The number of carbonyl (C=O) groups excluding carboxylic acids is 1. The monoisotopic (exact) mass is 247 g/mol. The van der Waals surface area contributed by atoms with Crippen LogP contribution in [-0.4, -0.2) is 19.6 Å². The van der Waals surface area contributed by atoms with E-state index in [2.05, 4.69) is 4.74 Å². The summed E-state index contributed by atoms with van der Waals surface area (Å²) in [6, 6.07) is 1.67. The molecule has 6 heteroatoms. The third-order valence-corrected chi connectivity index (χ3v) is 2.34. The van der Waals surface area contributed by atoms with Crippen molar-refractivity contribution in [2.45, 2.75) is 6.42 Å². The Morgan fingerprint density at radius 1 is 1.35 bits per heavy atom. The summed E-state index contributed by atoms with van der Waals surface area (Å²) in [7, 11) is 1.19. The summed E-state index contributed by atoms with van der Waals surface area (Å²) < 4.78 is 43.0. The van der Waals surface area contributed by atoms with Gasteiger partial charge in [0, 0.05) is 6.54 Å². The van der Waals surface area contributed by atoms with Crippen LogP contribution in [0.5, 0.6) is 0 Å². The highest BCUT2D eigenvalue weighted by Gasteiger charge is 2.19. The normalized spacial score (nSPS) is 12.3. The second kappa shape index (κ2) is 5.67. The van der Waals surface area contributed by atoms with Gasteiger partial charge in [-0.3, -0.25) is 4.79 Å². The Balaban J connectivity index is 2.91. The predicted molar refractivity (Wildman–Crippen MR) is 54.6 cm³/mol. The Morgan fingerprint density at radius 2 is 1.88 bits per heavy atom. The molecule has 1 aromatic rings. The quantitative estimate of drug-likeness (QED) is 0.646. The minimum atomic E-state index is -1.53. The number of hydrogen-bond donors (Lipinski definition) is 1. The molecular weight excluding hydrogens is 235 g/mol. The number of benzene rings is 1. The van der Waals surface area contributed by atoms with E-state index >= 15 is 0 Å². The molecule has 0 amide bonds. The number of esters is 1. The standard InChI is InChI=1S/C11H12F3NO2/c1-17-11(16)7(5-15)2-6-3-8(12)10(14)9(13)4-6/h3-4,7H,2,5,15H2,1H3/t7-/m1/s1. The second-order valence-electron chi connectivity index (χ2n) is 3.53. The molecule has 1 atom stereocenters. The maximum Gasteiger partial charge on any atom is 0.310 e. The first-order chi connectivity index (χ1) is 7.99. The lowest BCUT2D eigenvalue weighted by molar-refractivity contribution is -0.145. The highest BCUT2D eigenvalue weighted by molar-refractivity contribution is 5.72. The van der Waals surface area contributed by atoms with Gasteiger partial charge in [-0.15, -0.1) is 0 Å². The fourth-order valence-electron chi connectivity index (χ4n) is 1.44.